The normalized spacial score (nSPS) is 24.1. The molecule has 1 aliphatic rings. The number of aryl methyl sites for hydroxylation is 1. The highest BCUT2D eigenvalue weighted by Gasteiger charge is 2.38. The summed E-state index contributed by atoms with van der Waals surface area (Å²) in [7, 11) is 2.85. The molecule has 0 aliphatic carbocycles. The van der Waals surface area contributed by atoms with Gasteiger partial charge in [-0.25, -0.2) is 9.59 Å². The van der Waals surface area contributed by atoms with E-state index in [1.807, 2.05) is 43.3 Å². The number of ether oxygens (including phenoxy) is 1. The van der Waals surface area contributed by atoms with Crippen LogP contribution in [-0.4, -0.2) is 137 Å². The maximum Gasteiger partial charge on any atom is 0.327 e. The molecule has 78 heavy (non-hydrogen) atoms. The molecular formula is C56H80N10O12. The van der Waals surface area contributed by atoms with E-state index < -0.39 is 120 Å². The molecule has 2 aromatic rings. The second-order valence-electron chi connectivity index (χ2n) is 20.1. The molecule has 0 radical (unpaired) electrons. The standard InChI is InChI=1S/C56H80N10O12/c1-32(2)29-44-53(73)62-42(25-23-38-17-12-10-13-18-38)52(72)65-47(55(76)77)36(6)49(69)61-41(21-16-28-59-56(57)58)51(71)60-40(24-22-33(3)30-34(4)45(78-9)31-39-19-14-11-15-20-39)35(5)48(68)63-43(54(74)75)26-27-46(67)66(8)37(7)50(70)64-44/h10-15,17-20,22,24,30,32,34-36,40-45,47H,7,16,21,23,25-29,31H2,1-6,8-9H3,(H,60,71)(H,61,69)(H,62,73)(H,63,68)(H,64,70)(H,65,72)(H,74,75)(H,76,77)(H4,57,58,59)/b24-22+,33-30+/t34-,35-,36-,40-,41-,42-,43+,44+,45-,47+/m0/s1. The molecule has 1 aliphatic heterocycles. The third-order valence-electron chi connectivity index (χ3n) is 13.4. The fourth-order valence-electron chi connectivity index (χ4n) is 8.55. The minimum absolute atomic E-state index is 0.0170. The lowest BCUT2D eigenvalue weighted by Gasteiger charge is -2.29. The van der Waals surface area contributed by atoms with Crippen LogP contribution >= 0.6 is 0 Å². The number of aliphatic carboxylic acids is 2. The average Bonchev–Trinajstić information content (AvgIpc) is 3.39. The molecule has 3 rings (SSSR count). The summed E-state index contributed by atoms with van der Waals surface area (Å²) in [6, 6.07) is 9.82. The topological polar surface area (TPSA) is 343 Å². The van der Waals surface area contributed by atoms with Crippen molar-refractivity contribution in [2.75, 3.05) is 20.7 Å². The molecule has 22 nitrogen and oxygen atoms in total. The van der Waals surface area contributed by atoms with Crippen molar-refractivity contribution in [3.05, 3.63) is 108 Å². The second-order valence-corrected chi connectivity index (χ2v) is 20.1. The number of nitrogens with one attached hydrogen (secondary N) is 6. The summed E-state index contributed by atoms with van der Waals surface area (Å²) in [5.74, 6) is -12.6. The van der Waals surface area contributed by atoms with Gasteiger partial charge in [0, 0.05) is 33.0 Å². The summed E-state index contributed by atoms with van der Waals surface area (Å²) in [6.45, 7) is 13.8. The number of hydrogen-bond donors (Lipinski definition) is 10. The van der Waals surface area contributed by atoms with Gasteiger partial charge in [-0.05, 0) is 68.9 Å². The Morgan fingerprint density at radius 2 is 1.33 bits per heavy atom. The Labute approximate surface area is 456 Å². The van der Waals surface area contributed by atoms with Gasteiger partial charge < -0.3 is 63.2 Å². The number of hydrogen-bond acceptors (Lipinski definition) is 11. The van der Waals surface area contributed by atoms with Crippen LogP contribution in [0, 0.1) is 23.7 Å². The Morgan fingerprint density at radius 1 is 0.769 bits per heavy atom. The number of amides is 7. The largest absolute Gasteiger partial charge is 0.480 e. The minimum Gasteiger partial charge on any atom is -0.480 e. The number of nitrogens with zero attached hydrogens (tertiary/aromatic N) is 2. The first-order chi connectivity index (χ1) is 36.8. The number of methoxy groups -OCH3 is 1. The lowest BCUT2D eigenvalue weighted by Crippen LogP contribution is -2.59. The van der Waals surface area contributed by atoms with Crippen molar-refractivity contribution in [3.8, 4) is 0 Å². The molecule has 22 heteroatoms. The van der Waals surface area contributed by atoms with Gasteiger partial charge in [0.1, 0.15) is 35.9 Å². The molecule has 0 saturated carbocycles. The Balaban J connectivity index is 2.17. The Kier molecular flexibility index (Phi) is 26.4. The summed E-state index contributed by atoms with van der Waals surface area (Å²) in [5, 5.41) is 36.3. The number of guanidine groups is 1. The summed E-state index contributed by atoms with van der Waals surface area (Å²) >= 11 is 0. The number of carboxylic acids is 2. The highest BCUT2D eigenvalue weighted by molar-refractivity contribution is 6.00. The molecule has 12 N–H and O–H groups in total. The van der Waals surface area contributed by atoms with Gasteiger partial charge in [0.25, 0.3) is 5.91 Å². The predicted molar refractivity (Wildman–Crippen MR) is 293 cm³/mol. The number of benzene rings is 2. The molecule has 0 unspecified atom stereocenters. The third kappa shape index (κ3) is 21.3. The second kappa shape index (κ2) is 32.0. The molecule has 7 amide bonds. The quantitative estimate of drug-likeness (QED) is 0.0337. The van der Waals surface area contributed by atoms with E-state index in [0.29, 0.717) is 12.0 Å². The van der Waals surface area contributed by atoms with Crippen LogP contribution in [0.5, 0.6) is 0 Å². The van der Waals surface area contributed by atoms with Crippen molar-refractivity contribution >= 4 is 59.2 Å². The first-order valence-corrected chi connectivity index (χ1v) is 26.1. The van der Waals surface area contributed by atoms with E-state index in [2.05, 4.69) is 43.5 Å². The monoisotopic (exact) mass is 1080 g/mol. The van der Waals surface area contributed by atoms with E-state index in [-0.39, 0.29) is 62.5 Å². The van der Waals surface area contributed by atoms with Crippen LogP contribution < -0.4 is 43.4 Å². The van der Waals surface area contributed by atoms with Gasteiger partial charge in [0.15, 0.2) is 5.96 Å². The van der Waals surface area contributed by atoms with Gasteiger partial charge in [0.2, 0.25) is 35.4 Å². The third-order valence-corrected chi connectivity index (χ3v) is 13.4. The van der Waals surface area contributed by atoms with E-state index >= 15 is 0 Å². The van der Waals surface area contributed by atoms with Crippen LogP contribution in [0.25, 0.3) is 0 Å². The number of allylic oxidation sites excluding steroid dienone is 2. The van der Waals surface area contributed by atoms with Gasteiger partial charge in [-0.3, -0.25) is 38.6 Å². The highest BCUT2D eigenvalue weighted by atomic mass is 16.5. The number of carboxylic acid groups (broad SMARTS) is 2. The van der Waals surface area contributed by atoms with E-state index in [1.165, 1.54) is 27.0 Å². The maximum absolute atomic E-state index is 14.5. The van der Waals surface area contributed by atoms with Crippen molar-refractivity contribution in [2.24, 2.45) is 40.1 Å². The van der Waals surface area contributed by atoms with E-state index in [1.54, 1.807) is 64.3 Å². The van der Waals surface area contributed by atoms with Crippen molar-refractivity contribution < 1.29 is 58.1 Å². The zero-order chi connectivity index (χ0) is 58.2. The Hall–Kier alpha value is -7.88. The highest BCUT2D eigenvalue weighted by Crippen LogP contribution is 2.19. The van der Waals surface area contributed by atoms with E-state index in [9.17, 15) is 53.4 Å². The van der Waals surface area contributed by atoms with Crippen LogP contribution in [-0.2, 0) is 60.7 Å². The summed E-state index contributed by atoms with van der Waals surface area (Å²) in [5.41, 5.74) is 13.2. The summed E-state index contributed by atoms with van der Waals surface area (Å²) in [4.78, 5) is 129. The fraction of sp³-hybridized carbons (Fsp3) is 0.500. The first kappa shape index (κ1) is 64.4. The van der Waals surface area contributed by atoms with E-state index in [4.69, 9.17) is 16.2 Å². The van der Waals surface area contributed by atoms with Gasteiger partial charge >= 0.3 is 11.9 Å². The molecule has 426 valence electrons. The number of carbonyl (C=O) groups excluding carboxylic acids is 7. The number of rotatable bonds is 18. The van der Waals surface area contributed by atoms with Crippen LogP contribution in [0.2, 0.25) is 0 Å². The predicted octanol–water partition coefficient (Wildman–Crippen LogP) is 2.23. The molecule has 0 aromatic heterocycles. The van der Waals surface area contributed by atoms with Gasteiger partial charge in [-0.2, -0.15) is 0 Å². The van der Waals surface area contributed by atoms with Crippen LogP contribution in [0.15, 0.2) is 102 Å². The van der Waals surface area contributed by atoms with Crippen molar-refractivity contribution in [1.29, 1.82) is 0 Å². The van der Waals surface area contributed by atoms with Crippen molar-refractivity contribution in [3.63, 3.8) is 0 Å². The van der Waals surface area contributed by atoms with Crippen LogP contribution in [0.3, 0.4) is 0 Å². The average molecular weight is 1090 g/mol. The number of carbonyl (C=O) groups is 9. The maximum atomic E-state index is 14.5. The zero-order valence-electron chi connectivity index (χ0n) is 46.0. The molecule has 1 heterocycles. The number of aliphatic imine (C=N–C) groups is 1. The summed E-state index contributed by atoms with van der Waals surface area (Å²) < 4.78 is 5.84. The Morgan fingerprint density at radius 3 is 1.91 bits per heavy atom. The fourth-order valence-corrected chi connectivity index (χ4v) is 8.55. The van der Waals surface area contributed by atoms with Crippen LogP contribution in [0.1, 0.15) is 91.2 Å². The van der Waals surface area contributed by atoms with Crippen molar-refractivity contribution in [2.45, 2.75) is 135 Å². The summed E-state index contributed by atoms with van der Waals surface area (Å²) in [6.07, 6.45) is 4.82. The molecule has 1 saturated heterocycles. The molecule has 0 spiro atoms. The molecule has 1 fully saturated rings. The molecule has 2 aromatic carbocycles. The van der Waals surface area contributed by atoms with Crippen LogP contribution in [0.4, 0.5) is 0 Å². The molecule has 0 bridgehead atoms. The Bertz CT molecular complexity index is 2500. The lowest BCUT2D eigenvalue weighted by atomic mass is 9.94. The minimum atomic E-state index is -1.92. The van der Waals surface area contributed by atoms with E-state index in [0.717, 1.165) is 16.0 Å². The van der Waals surface area contributed by atoms with Crippen molar-refractivity contribution in [1.82, 2.24) is 36.8 Å². The SMILES string of the molecule is C=C1C(=O)N[C@H](CC(C)C)C(=O)N[C@@H](CCc2ccccc2)C(=O)N[C@@H](C(=O)O)[C@H](C)C(=O)N[C@@H](CCCN=C(N)N)C(=O)N[C@@H](/C=C/C(C)=C/[C@H](C)[C@H](Cc2ccccc2)OC)[C@H](C)C(=O)N[C@@H](C(=O)O)CCC(=O)N1C. The number of nitrogens with two attached hydrogens (primary N) is 2. The molecule has 10 atom stereocenters. The van der Waals surface area contributed by atoms with Gasteiger partial charge in [-0.15, -0.1) is 0 Å². The van der Waals surface area contributed by atoms with Gasteiger partial charge in [-0.1, -0.05) is 126 Å². The lowest BCUT2D eigenvalue weighted by molar-refractivity contribution is -0.146. The number of likely N-dealkylation sites (N-methyl/N-ethyl adjacent to an activating group) is 1. The first-order valence-electron chi connectivity index (χ1n) is 26.1. The zero-order valence-corrected chi connectivity index (χ0v) is 46.0. The smallest absolute Gasteiger partial charge is 0.327 e. The van der Waals surface area contributed by atoms with Gasteiger partial charge in [0.05, 0.1) is 24.0 Å². The molecular weight excluding hydrogens is 1000 g/mol.